The third-order valence-corrected chi connectivity index (χ3v) is 1.41. The van der Waals surface area contributed by atoms with E-state index in [0.29, 0.717) is 6.26 Å². The summed E-state index contributed by atoms with van der Waals surface area (Å²) in [5, 5.41) is 0. The van der Waals surface area contributed by atoms with Crippen LogP contribution in [0.15, 0.2) is 10.7 Å². The average molecular weight is 208 g/mol. The van der Waals surface area contributed by atoms with E-state index in [4.69, 9.17) is 5.73 Å². The average Bonchev–Trinajstić information content (AvgIpc) is 2.49. The van der Waals surface area contributed by atoms with Crippen LogP contribution < -0.4 is 5.73 Å². The third-order valence-electron chi connectivity index (χ3n) is 1.41. The number of oxazole rings is 1. The quantitative estimate of drug-likeness (QED) is 0.742. The molecule has 0 radical (unpaired) electrons. The van der Waals surface area contributed by atoms with Gasteiger partial charge in [-0.1, -0.05) is 0 Å². The molecule has 1 aromatic rings. The van der Waals surface area contributed by atoms with Crippen LogP contribution in [0.3, 0.4) is 0 Å². The van der Waals surface area contributed by atoms with Gasteiger partial charge in [0.05, 0.1) is 6.04 Å². The lowest BCUT2D eigenvalue weighted by Gasteiger charge is -1.99. The Labute approximate surface area is 76.9 Å². The van der Waals surface area contributed by atoms with Gasteiger partial charge in [0.15, 0.2) is 0 Å². The van der Waals surface area contributed by atoms with Crippen LogP contribution in [0.2, 0.25) is 0 Å². The fourth-order valence-corrected chi connectivity index (χ4v) is 0.750. The predicted molar refractivity (Wildman–Crippen MR) is 39.5 cm³/mol. The van der Waals surface area contributed by atoms with Gasteiger partial charge in [-0.05, 0) is 6.92 Å². The first-order chi connectivity index (χ1) is 6.32. The molecule has 0 spiro atoms. The molecule has 0 aliphatic heterocycles. The van der Waals surface area contributed by atoms with Gasteiger partial charge in [-0.2, -0.15) is 13.2 Å². The number of ketones is 1. The Hall–Kier alpha value is -1.37. The molecule has 78 valence electrons. The lowest BCUT2D eigenvalue weighted by Crippen LogP contribution is -2.27. The zero-order valence-electron chi connectivity index (χ0n) is 7.13. The summed E-state index contributed by atoms with van der Waals surface area (Å²) >= 11 is 0. The molecule has 7 heteroatoms. The molecular weight excluding hydrogens is 201 g/mol. The number of rotatable bonds is 2. The molecule has 0 fully saturated rings. The van der Waals surface area contributed by atoms with Crippen molar-refractivity contribution in [2.24, 2.45) is 5.73 Å². The Morgan fingerprint density at radius 3 is 2.57 bits per heavy atom. The molecule has 0 bridgehead atoms. The molecule has 1 heterocycles. The highest BCUT2D eigenvalue weighted by molar-refractivity contribution is 5.97. The molecular formula is C7H7F3N2O2. The summed E-state index contributed by atoms with van der Waals surface area (Å²) in [6.07, 6.45) is -4.04. The Bertz CT molecular complexity index is 343. The summed E-state index contributed by atoms with van der Waals surface area (Å²) in [6.45, 7) is 1.35. The molecule has 4 nitrogen and oxygen atoms in total. The van der Waals surface area contributed by atoms with Crippen molar-refractivity contribution in [3.8, 4) is 0 Å². The summed E-state index contributed by atoms with van der Waals surface area (Å²) < 4.78 is 40.0. The van der Waals surface area contributed by atoms with Crippen molar-refractivity contribution in [3.63, 3.8) is 0 Å². The first-order valence-electron chi connectivity index (χ1n) is 3.65. The van der Waals surface area contributed by atoms with Crippen molar-refractivity contribution < 1.29 is 22.4 Å². The molecule has 1 atom stereocenters. The van der Waals surface area contributed by atoms with Gasteiger partial charge in [0.2, 0.25) is 5.78 Å². The standard InChI is InChI=1S/C7H7F3N2O2/c1-3(11)5(13)4-2-14-6(12-4)7(8,9)10/h2-3H,11H2,1H3. The summed E-state index contributed by atoms with van der Waals surface area (Å²) in [7, 11) is 0. The van der Waals surface area contributed by atoms with E-state index in [1.165, 1.54) is 6.92 Å². The zero-order valence-corrected chi connectivity index (χ0v) is 7.13. The van der Waals surface area contributed by atoms with E-state index in [2.05, 4.69) is 9.40 Å². The molecule has 0 amide bonds. The predicted octanol–water partition coefficient (Wildman–Crippen LogP) is 1.22. The highest BCUT2D eigenvalue weighted by Crippen LogP contribution is 2.28. The first-order valence-corrected chi connectivity index (χ1v) is 3.65. The van der Waals surface area contributed by atoms with E-state index in [1.54, 1.807) is 0 Å². The SMILES string of the molecule is CC(N)C(=O)c1coc(C(F)(F)F)n1. The van der Waals surface area contributed by atoms with Gasteiger partial charge in [-0.15, -0.1) is 0 Å². The van der Waals surface area contributed by atoms with Gasteiger partial charge >= 0.3 is 12.1 Å². The summed E-state index contributed by atoms with van der Waals surface area (Å²) in [5.74, 6) is -2.13. The molecule has 1 aromatic heterocycles. The highest BCUT2D eigenvalue weighted by atomic mass is 19.4. The van der Waals surface area contributed by atoms with Crippen LogP contribution in [0.1, 0.15) is 23.3 Å². The highest BCUT2D eigenvalue weighted by Gasteiger charge is 2.37. The van der Waals surface area contributed by atoms with E-state index in [9.17, 15) is 18.0 Å². The van der Waals surface area contributed by atoms with Crippen LogP contribution in [-0.2, 0) is 6.18 Å². The smallest absolute Gasteiger partial charge is 0.441 e. The summed E-state index contributed by atoms with van der Waals surface area (Å²) in [5.41, 5.74) is 4.76. The monoisotopic (exact) mass is 208 g/mol. The van der Waals surface area contributed by atoms with Crippen LogP contribution in [0.4, 0.5) is 13.2 Å². The maximum Gasteiger partial charge on any atom is 0.468 e. The summed E-state index contributed by atoms with van der Waals surface area (Å²) in [4.78, 5) is 14.1. The van der Waals surface area contributed by atoms with Crippen LogP contribution in [0.25, 0.3) is 0 Å². The minimum absolute atomic E-state index is 0.410. The van der Waals surface area contributed by atoms with Crippen LogP contribution in [0, 0.1) is 0 Å². The molecule has 2 N–H and O–H groups in total. The van der Waals surface area contributed by atoms with Gasteiger partial charge in [-0.25, -0.2) is 4.98 Å². The van der Waals surface area contributed by atoms with Crippen LogP contribution in [-0.4, -0.2) is 16.8 Å². The fourth-order valence-electron chi connectivity index (χ4n) is 0.750. The third kappa shape index (κ3) is 2.11. The van der Waals surface area contributed by atoms with Crippen molar-refractivity contribution in [2.75, 3.05) is 0 Å². The van der Waals surface area contributed by atoms with Gasteiger partial charge < -0.3 is 10.2 Å². The molecule has 0 aliphatic carbocycles. The van der Waals surface area contributed by atoms with Crippen molar-refractivity contribution in [2.45, 2.75) is 19.1 Å². The number of carbonyl (C=O) groups excluding carboxylic acids is 1. The van der Waals surface area contributed by atoms with Crippen LogP contribution >= 0.6 is 0 Å². The number of nitrogens with two attached hydrogens (primary N) is 1. The van der Waals surface area contributed by atoms with Crippen molar-refractivity contribution in [3.05, 3.63) is 17.8 Å². The Balaban J connectivity index is 2.95. The molecule has 0 aliphatic rings. The zero-order chi connectivity index (χ0) is 10.9. The van der Waals surface area contributed by atoms with E-state index < -0.39 is 29.6 Å². The van der Waals surface area contributed by atoms with Gasteiger partial charge in [0, 0.05) is 0 Å². The number of Topliss-reactive ketones (excluding diaryl/α,β-unsaturated/α-hetero) is 1. The van der Waals surface area contributed by atoms with E-state index in [-0.39, 0.29) is 0 Å². The Morgan fingerprint density at radius 1 is 1.64 bits per heavy atom. The molecule has 0 saturated carbocycles. The topological polar surface area (TPSA) is 69.1 Å². The minimum Gasteiger partial charge on any atom is -0.441 e. The number of hydrogen-bond donors (Lipinski definition) is 1. The van der Waals surface area contributed by atoms with Crippen molar-refractivity contribution in [1.29, 1.82) is 0 Å². The maximum atomic E-state index is 12.0. The number of hydrogen-bond acceptors (Lipinski definition) is 4. The number of alkyl halides is 3. The summed E-state index contributed by atoms with van der Waals surface area (Å²) in [6, 6.07) is -0.902. The maximum absolute atomic E-state index is 12.0. The normalized spacial score (nSPS) is 14.1. The second-order valence-corrected chi connectivity index (χ2v) is 2.69. The number of nitrogens with zero attached hydrogens (tertiary/aromatic N) is 1. The second kappa shape index (κ2) is 3.41. The molecule has 1 unspecified atom stereocenters. The largest absolute Gasteiger partial charge is 0.468 e. The molecule has 0 saturated heterocycles. The fraction of sp³-hybridized carbons (Fsp3) is 0.429. The number of aromatic nitrogens is 1. The lowest BCUT2D eigenvalue weighted by molar-refractivity contribution is -0.157. The number of carbonyl (C=O) groups is 1. The second-order valence-electron chi connectivity index (χ2n) is 2.69. The molecule has 0 aromatic carbocycles. The molecule has 14 heavy (non-hydrogen) atoms. The van der Waals surface area contributed by atoms with Crippen molar-refractivity contribution in [1.82, 2.24) is 4.98 Å². The Kier molecular flexibility index (Phi) is 2.61. The molecule has 1 rings (SSSR count). The van der Waals surface area contributed by atoms with Crippen molar-refractivity contribution >= 4 is 5.78 Å². The van der Waals surface area contributed by atoms with E-state index in [1.807, 2.05) is 0 Å². The lowest BCUT2D eigenvalue weighted by atomic mass is 10.2. The minimum atomic E-state index is -4.68. The number of halogens is 3. The van der Waals surface area contributed by atoms with Gasteiger partial charge in [-0.3, -0.25) is 4.79 Å². The van der Waals surface area contributed by atoms with Gasteiger partial charge in [0.25, 0.3) is 0 Å². The van der Waals surface area contributed by atoms with Gasteiger partial charge in [0.1, 0.15) is 12.0 Å². The van der Waals surface area contributed by atoms with E-state index in [0.717, 1.165) is 0 Å². The first kappa shape index (κ1) is 10.7. The van der Waals surface area contributed by atoms with Crippen LogP contribution in [0.5, 0.6) is 0 Å². The van der Waals surface area contributed by atoms with E-state index >= 15 is 0 Å². The Morgan fingerprint density at radius 2 is 2.21 bits per heavy atom.